The first-order chi connectivity index (χ1) is 11.3. The maximum atomic E-state index is 5.68. The largest absolute Gasteiger partial charge is 0.349 e. The van der Waals surface area contributed by atoms with Gasteiger partial charge in [0.1, 0.15) is 0 Å². The van der Waals surface area contributed by atoms with Gasteiger partial charge in [0.15, 0.2) is 5.11 Å². The minimum absolute atomic E-state index is 0.825. The van der Waals surface area contributed by atoms with Crippen molar-refractivity contribution in [2.24, 2.45) is 0 Å². The lowest BCUT2D eigenvalue weighted by Gasteiger charge is -2.29. The van der Waals surface area contributed by atoms with Crippen LogP contribution in [0.15, 0.2) is 48.5 Å². The third-order valence-electron chi connectivity index (χ3n) is 4.46. The lowest BCUT2D eigenvalue weighted by atomic mass is 10.1. The summed E-state index contributed by atoms with van der Waals surface area (Å²) in [5.41, 5.74) is 3.06. The van der Waals surface area contributed by atoms with Crippen LogP contribution in [0.25, 0.3) is 21.8 Å². The van der Waals surface area contributed by atoms with E-state index in [0.717, 1.165) is 45.7 Å². The molecular weight excluding hydrogens is 302 g/mol. The first-order valence-corrected chi connectivity index (χ1v) is 8.57. The van der Waals surface area contributed by atoms with E-state index in [-0.39, 0.29) is 0 Å². The van der Waals surface area contributed by atoms with Gasteiger partial charge in [-0.25, -0.2) is 4.98 Å². The molecule has 4 rings (SSSR count). The molecule has 0 spiro atoms. The van der Waals surface area contributed by atoms with E-state index in [1.807, 2.05) is 24.3 Å². The zero-order chi connectivity index (χ0) is 15.6. The SMILES string of the molecule is S=C(Nc1c2ccccc2nc2ccccc12)N1CCCCC1. The van der Waals surface area contributed by atoms with Gasteiger partial charge in [0, 0.05) is 23.9 Å². The number of thiocarbonyl (C=S) groups is 1. The fraction of sp³-hybridized carbons (Fsp3) is 0.263. The Balaban J connectivity index is 1.81. The number of piperidine rings is 1. The molecule has 116 valence electrons. The van der Waals surface area contributed by atoms with Crippen molar-refractivity contribution in [3.63, 3.8) is 0 Å². The van der Waals surface area contributed by atoms with E-state index in [0.29, 0.717) is 0 Å². The third-order valence-corrected chi connectivity index (χ3v) is 4.82. The van der Waals surface area contributed by atoms with Gasteiger partial charge in [-0.15, -0.1) is 0 Å². The molecule has 0 unspecified atom stereocenters. The Hall–Kier alpha value is -2.20. The number of benzene rings is 2. The summed E-state index contributed by atoms with van der Waals surface area (Å²) in [6, 6.07) is 16.5. The highest BCUT2D eigenvalue weighted by Crippen LogP contribution is 2.31. The summed E-state index contributed by atoms with van der Waals surface area (Å²) in [6.45, 7) is 2.10. The van der Waals surface area contributed by atoms with Crippen molar-refractivity contribution in [2.75, 3.05) is 18.4 Å². The summed E-state index contributed by atoms with van der Waals surface area (Å²) in [6.07, 6.45) is 3.75. The molecule has 0 radical (unpaired) electrons. The fourth-order valence-electron chi connectivity index (χ4n) is 3.26. The van der Waals surface area contributed by atoms with Crippen molar-refractivity contribution in [2.45, 2.75) is 19.3 Å². The van der Waals surface area contributed by atoms with Gasteiger partial charge < -0.3 is 10.2 Å². The molecule has 0 saturated carbocycles. The standard InChI is InChI=1S/C19H19N3S/c23-19(22-12-6-1-7-13-22)21-18-14-8-2-4-10-16(14)20-17-11-5-3-9-15(17)18/h2-5,8-11H,1,6-7,12-13H2,(H,20,21,23). The summed E-state index contributed by atoms with van der Waals surface area (Å²) in [5.74, 6) is 0. The maximum absolute atomic E-state index is 5.68. The summed E-state index contributed by atoms with van der Waals surface area (Å²) in [4.78, 5) is 7.04. The van der Waals surface area contributed by atoms with Gasteiger partial charge in [0.25, 0.3) is 0 Å². The van der Waals surface area contributed by atoms with Crippen LogP contribution < -0.4 is 5.32 Å². The molecule has 1 aliphatic heterocycles. The molecule has 1 N–H and O–H groups in total. The van der Waals surface area contributed by atoms with E-state index in [2.05, 4.69) is 34.5 Å². The Morgan fingerprint density at radius 3 is 2.04 bits per heavy atom. The van der Waals surface area contributed by atoms with Gasteiger partial charge in [-0.05, 0) is 43.6 Å². The highest BCUT2D eigenvalue weighted by atomic mass is 32.1. The minimum atomic E-state index is 0.825. The number of aromatic nitrogens is 1. The number of rotatable bonds is 1. The van der Waals surface area contributed by atoms with E-state index >= 15 is 0 Å². The summed E-state index contributed by atoms with van der Waals surface area (Å²) in [5, 5.41) is 6.57. The molecule has 4 heteroatoms. The molecule has 0 bridgehead atoms. The van der Waals surface area contributed by atoms with Crippen molar-refractivity contribution in [1.82, 2.24) is 9.88 Å². The Bertz CT molecular complexity index is 815. The van der Waals surface area contributed by atoms with Crippen LogP contribution in [0.2, 0.25) is 0 Å². The Morgan fingerprint density at radius 1 is 0.870 bits per heavy atom. The quantitative estimate of drug-likeness (QED) is 0.525. The number of para-hydroxylation sites is 2. The highest BCUT2D eigenvalue weighted by Gasteiger charge is 2.16. The fourth-order valence-corrected chi connectivity index (χ4v) is 3.54. The zero-order valence-corrected chi connectivity index (χ0v) is 13.8. The summed E-state index contributed by atoms with van der Waals surface area (Å²) < 4.78 is 0. The van der Waals surface area contributed by atoms with Crippen molar-refractivity contribution in [3.05, 3.63) is 48.5 Å². The molecule has 2 aromatic carbocycles. The molecule has 1 saturated heterocycles. The second-order valence-electron chi connectivity index (χ2n) is 6.00. The van der Waals surface area contributed by atoms with Gasteiger partial charge in [-0.3, -0.25) is 0 Å². The Labute approximate surface area is 141 Å². The molecule has 3 aromatic rings. The van der Waals surface area contributed by atoms with Crippen molar-refractivity contribution < 1.29 is 0 Å². The van der Waals surface area contributed by atoms with Crippen LogP contribution in [0, 0.1) is 0 Å². The van der Waals surface area contributed by atoms with Crippen LogP contribution in [-0.4, -0.2) is 28.1 Å². The lowest BCUT2D eigenvalue weighted by molar-refractivity contribution is 0.346. The van der Waals surface area contributed by atoms with Gasteiger partial charge in [0.05, 0.1) is 16.7 Å². The molecule has 3 nitrogen and oxygen atoms in total. The number of hydrogen-bond donors (Lipinski definition) is 1. The van der Waals surface area contributed by atoms with Crippen molar-refractivity contribution in [3.8, 4) is 0 Å². The summed E-state index contributed by atoms with van der Waals surface area (Å²) in [7, 11) is 0. The molecule has 0 amide bonds. The number of nitrogens with one attached hydrogen (secondary N) is 1. The predicted molar refractivity (Wildman–Crippen MR) is 101 cm³/mol. The average molecular weight is 321 g/mol. The second-order valence-corrected chi connectivity index (χ2v) is 6.39. The smallest absolute Gasteiger partial charge is 0.173 e. The molecule has 0 atom stereocenters. The maximum Gasteiger partial charge on any atom is 0.173 e. The van der Waals surface area contributed by atoms with E-state index in [1.165, 1.54) is 19.3 Å². The van der Waals surface area contributed by atoms with E-state index in [9.17, 15) is 0 Å². The van der Waals surface area contributed by atoms with Crippen LogP contribution in [0.5, 0.6) is 0 Å². The monoisotopic (exact) mass is 321 g/mol. The first kappa shape index (κ1) is 14.4. The highest BCUT2D eigenvalue weighted by molar-refractivity contribution is 7.80. The number of pyridine rings is 1. The van der Waals surface area contributed by atoms with Crippen LogP contribution in [0.1, 0.15) is 19.3 Å². The Morgan fingerprint density at radius 2 is 1.43 bits per heavy atom. The van der Waals surface area contributed by atoms with E-state index in [1.54, 1.807) is 0 Å². The van der Waals surface area contributed by atoms with Crippen LogP contribution in [0.3, 0.4) is 0 Å². The second kappa shape index (κ2) is 6.13. The van der Waals surface area contributed by atoms with Crippen molar-refractivity contribution in [1.29, 1.82) is 0 Å². The number of likely N-dealkylation sites (tertiary alicyclic amines) is 1. The van der Waals surface area contributed by atoms with Crippen LogP contribution in [0.4, 0.5) is 5.69 Å². The molecule has 2 heterocycles. The van der Waals surface area contributed by atoms with E-state index < -0.39 is 0 Å². The lowest BCUT2D eigenvalue weighted by Crippen LogP contribution is -2.38. The first-order valence-electron chi connectivity index (χ1n) is 8.16. The van der Waals surface area contributed by atoms with Gasteiger partial charge in [-0.2, -0.15) is 0 Å². The Kier molecular flexibility index (Phi) is 3.83. The van der Waals surface area contributed by atoms with Crippen LogP contribution in [-0.2, 0) is 0 Å². The number of hydrogen-bond acceptors (Lipinski definition) is 2. The van der Waals surface area contributed by atoms with Crippen molar-refractivity contribution >= 4 is 44.8 Å². The van der Waals surface area contributed by atoms with Gasteiger partial charge in [0.2, 0.25) is 0 Å². The predicted octanol–water partition coefficient (Wildman–Crippen LogP) is 4.57. The molecule has 23 heavy (non-hydrogen) atoms. The molecular formula is C19H19N3S. The third kappa shape index (κ3) is 2.75. The van der Waals surface area contributed by atoms with Gasteiger partial charge >= 0.3 is 0 Å². The normalized spacial score (nSPS) is 15.0. The van der Waals surface area contributed by atoms with Crippen LogP contribution >= 0.6 is 12.2 Å². The number of anilines is 1. The van der Waals surface area contributed by atoms with Gasteiger partial charge in [-0.1, -0.05) is 36.4 Å². The minimum Gasteiger partial charge on any atom is -0.349 e. The average Bonchev–Trinajstić information content (AvgIpc) is 2.62. The molecule has 0 aliphatic carbocycles. The zero-order valence-electron chi connectivity index (χ0n) is 13.0. The molecule has 1 aromatic heterocycles. The number of nitrogens with zero attached hydrogens (tertiary/aromatic N) is 2. The molecule has 1 fully saturated rings. The molecule has 1 aliphatic rings. The van der Waals surface area contributed by atoms with E-state index in [4.69, 9.17) is 17.2 Å². The topological polar surface area (TPSA) is 28.2 Å². The summed E-state index contributed by atoms with van der Waals surface area (Å²) >= 11 is 5.68. The number of fused-ring (bicyclic) bond motifs is 2.